The summed E-state index contributed by atoms with van der Waals surface area (Å²) in [6, 6.07) is 0. The SMILES string of the molecule is Cc1nc(COC2(C)CCN(C(=O)OC(C)(C)C)CC2)no1. The number of piperidine rings is 1. The van der Waals surface area contributed by atoms with Crippen molar-refractivity contribution in [2.75, 3.05) is 13.1 Å². The van der Waals surface area contributed by atoms with E-state index in [1.807, 2.05) is 27.7 Å². The first-order valence-electron chi connectivity index (χ1n) is 7.58. The van der Waals surface area contributed by atoms with Gasteiger partial charge in [0.05, 0.1) is 5.60 Å². The Hall–Kier alpha value is -1.63. The van der Waals surface area contributed by atoms with Gasteiger partial charge in [-0.3, -0.25) is 0 Å². The minimum absolute atomic E-state index is 0.261. The Morgan fingerprint density at radius 2 is 2.00 bits per heavy atom. The summed E-state index contributed by atoms with van der Waals surface area (Å²) < 4.78 is 16.2. The lowest BCUT2D eigenvalue weighted by atomic mass is 9.93. The van der Waals surface area contributed by atoms with Crippen LogP contribution in [0, 0.1) is 6.92 Å². The molecule has 0 spiro atoms. The van der Waals surface area contributed by atoms with Crippen LogP contribution in [0.5, 0.6) is 0 Å². The fraction of sp³-hybridized carbons (Fsp3) is 0.800. The second kappa shape index (κ2) is 6.24. The zero-order valence-electron chi connectivity index (χ0n) is 14.0. The second-order valence-electron chi connectivity index (χ2n) is 6.94. The summed E-state index contributed by atoms with van der Waals surface area (Å²) in [4.78, 5) is 17.9. The summed E-state index contributed by atoms with van der Waals surface area (Å²) >= 11 is 0. The van der Waals surface area contributed by atoms with Crippen LogP contribution < -0.4 is 0 Å². The summed E-state index contributed by atoms with van der Waals surface area (Å²) in [5, 5.41) is 3.82. The average Bonchev–Trinajstić information content (AvgIpc) is 2.81. The molecule has 1 saturated heterocycles. The predicted octanol–water partition coefficient (Wildman–Crippen LogP) is 2.68. The van der Waals surface area contributed by atoms with E-state index in [1.165, 1.54) is 0 Å². The molecule has 1 aliphatic rings. The minimum atomic E-state index is -0.467. The van der Waals surface area contributed by atoms with Gasteiger partial charge in [0.2, 0.25) is 5.89 Å². The van der Waals surface area contributed by atoms with Crippen LogP contribution in [0.3, 0.4) is 0 Å². The first-order chi connectivity index (χ1) is 10.2. The van der Waals surface area contributed by atoms with Gasteiger partial charge in [0.25, 0.3) is 0 Å². The molecule has 22 heavy (non-hydrogen) atoms. The van der Waals surface area contributed by atoms with Crippen LogP contribution in [0.1, 0.15) is 52.3 Å². The molecule has 7 heteroatoms. The first kappa shape index (κ1) is 16.7. The molecule has 2 rings (SSSR count). The summed E-state index contributed by atoms with van der Waals surface area (Å²) in [5.41, 5.74) is -0.752. The lowest BCUT2D eigenvalue weighted by Gasteiger charge is -2.39. The Morgan fingerprint density at radius 3 is 2.50 bits per heavy atom. The molecule has 1 fully saturated rings. The Balaban J connectivity index is 1.81. The van der Waals surface area contributed by atoms with Crippen molar-refractivity contribution in [1.29, 1.82) is 0 Å². The molecule has 0 aliphatic carbocycles. The topological polar surface area (TPSA) is 77.7 Å². The highest BCUT2D eigenvalue weighted by Crippen LogP contribution is 2.27. The van der Waals surface area contributed by atoms with Crippen LogP contribution in [0.25, 0.3) is 0 Å². The third kappa shape index (κ3) is 4.69. The number of hydrogen-bond donors (Lipinski definition) is 0. The quantitative estimate of drug-likeness (QED) is 0.854. The lowest BCUT2D eigenvalue weighted by Crippen LogP contribution is -2.47. The molecular formula is C15H25N3O4. The Labute approximate surface area is 131 Å². The van der Waals surface area contributed by atoms with Crippen LogP contribution in [-0.2, 0) is 16.1 Å². The van der Waals surface area contributed by atoms with E-state index in [0.29, 0.717) is 31.4 Å². The van der Waals surface area contributed by atoms with E-state index in [9.17, 15) is 4.79 Å². The van der Waals surface area contributed by atoms with Crippen molar-refractivity contribution in [3.63, 3.8) is 0 Å². The molecule has 1 aromatic rings. The van der Waals surface area contributed by atoms with Gasteiger partial charge in [-0.25, -0.2) is 4.79 Å². The van der Waals surface area contributed by atoms with Crippen molar-refractivity contribution in [2.45, 2.75) is 65.3 Å². The summed E-state index contributed by atoms with van der Waals surface area (Å²) in [6.45, 7) is 11.0. The lowest BCUT2D eigenvalue weighted by molar-refractivity contribution is -0.0834. The van der Waals surface area contributed by atoms with E-state index >= 15 is 0 Å². The standard InChI is InChI=1S/C15H25N3O4/c1-11-16-12(17-22-11)10-20-15(5)6-8-18(9-7-15)13(19)21-14(2,3)4/h6-10H2,1-5H3. The highest BCUT2D eigenvalue weighted by atomic mass is 16.6. The smallest absolute Gasteiger partial charge is 0.410 e. The molecule has 124 valence electrons. The molecule has 0 radical (unpaired) electrons. The second-order valence-corrected chi connectivity index (χ2v) is 6.94. The maximum Gasteiger partial charge on any atom is 0.410 e. The van der Waals surface area contributed by atoms with E-state index in [4.69, 9.17) is 14.0 Å². The van der Waals surface area contributed by atoms with Gasteiger partial charge >= 0.3 is 6.09 Å². The number of amides is 1. The molecular weight excluding hydrogens is 286 g/mol. The average molecular weight is 311 g/mol. The maximum absolute atomic E-state index is 12.0. The number of hydrogen-bond acceptors (Lipinski definition) is 6. The van der Waals surface area contributed by atoms with Crippen LogP contribution in [0.4, 0.5) is 4.79 Å². The Bertz CT molecular complexity index is 513. The Morgan fingerprint density at radius 1 is 1.36 bits per heavy atom. The molecule has 1 aromatic heterocycles. The monoisotopic (exact) mass is 311 g/mol. The molecule has 0 atom stereocenters. The largest absolute Gasteiger partial charge is 0.444 e. The molecule has 1 aliphatic heterocycles. The number of carbonyl (C=O) groups excluding carboxylic acids is 1. The van der Waals surface area contributed by atoms with E-state index in [1.54, 1.807) is 11.8 Å². The highest BCUT2D eigenvalue weighted by Gasteiger charge is 2.34. The molecule has 0 aromatic carbocycles. The van der Waals surface area contributed by atoms with Gasteiger partial charge in [0.1, 0.15) is 12.2 Å². The highest BCUT2D eigenvalue weighted by molar-refractivity contribution is 5.68. The fourth-order valence-electron chi connectivity index (χ4n) is 2.27. The minimum Gasteiger partial charge on any atom is -0.444 e. The van der Waals surface area contributed by atoms with Crippen LogP contribution in [0.2, 0.25) is 0 Å². The normalized spacial score (nSPS) is 18.3. The van der Waals surface area contributed by atoms with E-state index in [0.717, 1.165) is 12.8 Å². The number of likely N-dealkylation sites (tertiary alicyclic amines) is 1. The van der Waals surface area contributed by atoms with Gasteiger partial charge in [-0.05, 0) is 40.5 Å². The van der Waals surface area contributed by atoms with Crippen molar-refractivity contribution < 1.29 is 18.8 Å². The zero-order chi connectivity index (χ0) is 16.4. The predicted molar refractivity (Wildman–Crippen MR) is 79.3 cm³/mol. The third-order valence-electron chi connectivity index (χ3n) is 3.59. The van der Waals surface area contributed by atoms with Crippen molar-refractivity contribution in [3.05, 3.63) is 11.7 Å². The summed E-state index contributed by atoms with van der Waals surface area (Å²) in [6.07, 6.45) is 1.25. The molecule has 0 N–H and O–H groups in total. The number of aryl methyl sites for hydroxylation is 1. The van der Waals surface area contributed by atoms with Gasteiger partial charge in [0, 0.05) is 20.0 Å². The number of rotatable bonds is 3. The number of carbonyl (C=O) groups is 1. The van der Waals surface area contributed by atoms with Crippen molar-refractivity contribution in [3.8, 4) is 0 Å². The number of aromatic nitrogens is 2. The van der Waals surface area contributed by atoms with Crippen LogP contribution in [-0.4, -0.2) is 45.4 Å². The van der Waals surface area contributed by atoms with Gasteiger partial charge in [-0.15, -0.1) is 0 Å². The van der Waals surface area contributed by atoms with Crippen molar-refractivity contribution in [2.24, 2.45) is 0 Å². The molecule has 7 nitrogen and oxygen atoms in total. The fourth-order valence-corrected chi connectivity index (χ4v) is 2.27. The third-order valence-corrected chi connectivity index (χ3v) is 3.59. The van der Waals surface area contributed by atoms with E-state index in [2.05, 4.69) is 10.1 Å². The summed E-state index contributed by atoms with van der Waals surface area (Å²) in [5.74, 6) is 1.08. The van der Waals surface area contributed by atoms with Gasteiger partial charge in [0.15, 0.2) is 5.82 Å². The number of ether oxygens (including phenoxy) is 2. The molecule has 0 unspecified atom stereocenters. The first-order valence-corrected chi connectivity index (χ1v) is 7.58. The zero-order valence-corrected chi connectivity index (χ0v) is 14.0. The molecule has 0 saturated carbocycles. The van der Waals surface area contributed by atoms with Crippen LogP contribution in [0.15, 0.2) is 4.52 Å². The maximum atomic E-state index is 12.0. The van der Waals surface area contributed by atoms with Gasteiger partial charge in [-0.1, -0.05) is 5.16 Å². The van der Waals surface area contributed by atoms with Gasteiger partial charge in [-0.2, -0.15) is 4.98 Å². The van der Waals surface area contributed by atoms with Crippen molar-refractivity contribution >= 4 is 6.09 Å². The van der Waals surface area contributed by atoms with Gasteiger partial charge < -0.3 is 18.9 Å². The Kier molecular flexibility index (Phi) is 4.75. The molecule has 2 heterocycles. The number of nitrogens with zero attached hydrogens (tertiary/aromatic N) is 3. The molecule has 0 bridgehead atoms. The summed E-state index contributed by atoms with van der Waals surface area (Å²) in [7, 11) is 0. The molecule has 1 amide bonds. The van der Waals surface area contributed by atoms with Crippen molar-refractivity contribution in [1.82, 2.24) is 15.0 Å². The van der Waals surface area contributed by atoms with E-state index in [-0.39, 0.29) is 11.7 Å². The van der Waals surface area contributed by atoms with E-state index < -0.39 is 5.60 Å². The van der Waals surface area contributed by atoms with Crippen LogP contribution >= 0.6 is 0 Å².